The molecule has 0 spiro atoms. The first-order chi connectivity index (χ1) is 9.44. The van der Waals surface area contributed by atoms with E-state index >= 15 is 0 Å². The minimum Gasteiger partial charge on any atom is -0.264 e. The molecule has 1 N–H and O–H groups in total. The van der Waals surface area contributed by atoms with Crippen molar-refractivity contribution < 1.29 is 8.42 Å². The molecule has 2 aromatic heterocycles. The monoisotopic (exact) mass is 294 g/mol. The van der Waals surface area contributed by atoms with Crippen LogP contribution in [-0.4, -0.2) is 23.2 Å². The summed E-state index contributed by atoms with van der Waals surface area (Å²) in [5, 5.41) is 4.35. The lowest BCUT2D eigenvalue weighted by Gasteiger charge is -2.14. The Labute approximate surface area is 118 Å². The highest BCUT2D eigenvalue weighted by atomic mass is 32.2. The number of rotatable bonds is 5. The predicted octanol–water partition coefficient (Wildman–Crippen LogP) is 1.65. The van der Waals surface area contributed by atoms with Crippen molar-refractivity contribution in [2.75, 3.05) is 0 Å². The van der Waals surface area contributed by atoms with Gasteiger partial charge in [0.1, 0.15) is 0 Å². The molecule has 2 rings (SSSR count). The van der Waals surface area contributed by atoms with Gasteiger partial charge < -0.3 is 0 Å². The number of hydrogen-bond acceptors (Lipinski definition) is 4. The second-order valence-corrected chi connectivity index (χ2v) is 6.23. The van der Waals surface area contributed by atoms with Crippen LogP contribution in [0.1, 0.15) is 31.1 Å². The van der Waals surface area contributed by atoms with Gasteiger partial charge in [-0.1, -0.05) is 6.07 Å². The van der Waals surface area contributed by atoms with Crippen molar-refractivity contribution >= 4 is 10.0 Å². The molecule has 20 heavy (non-hydrogen) atoms. The molecule has 0 saturated carbocycles. The van der Waals surface area contributed by atoms with Crippen LogP contribution in [0, 0.1) is 6.92 Å². The normalized spacial score (nSPS) is 13.3. The fraction of sp³-hybridized carbons (Fsp3) is 0.385. The van der Waals surface area contributed by atoms with Crippen LogP contribution < -0.4 is 4.72 Å². The maximum absolute atomic E-state index is 12.4. The zero-order valence-corrected chi connectivity index (χ0v) is 12.6. The zero-order valence-electron chi connectivity index (χ0n) is 11.7. The summed E-state index contributed by atoms with van der Waals surface area (Å²) in [5.41, 5.74) is 1.50. The number of nitrogens with zero attached hydrogens (tertiary/aromatic N) is 3. The lowest BCUT2D eigenvalue weighted by Crippen LogP contribution is -2.29. The van der Waals surface area contributed by atoms with Gasteiger partial charge in [-0.25, -0.2) is 13.1 Å². The lowest BCUT2D eigenvalue weighted by molar-refractivity contribution is 0.533. The largest absolute Gasteiger partial charge is 0.264 e. The highest BCUT2D eigenvalue weighted by molar-refractivity contribution is 7.89. The molecule has 0 unspecified atom stereocenters. The van der Waals surface area contributed by atoms with Crippen LogP contribution in [-0.2, 0) is 16.6 Å². The third kappa shape index (κ3) is 3.05. The molecule has 2 heterocycles. The molecule has 0 fully saturated rings. The minimum absolute atomic E-state index is 0.188. The fourth-order valence-electron chi connectivity index (χ4n) is 1.96. The maximum atomic E-state index is 12.4. The van der Waals surface area contributed by atoms with Crippen molar-refractivity contribution in [2.24, 2.45) is 0 Å². The molecule has 0 aliphatic rings. The smallest absolute Gasteiger partial charge is 0.258 e. The predicted molar refractivity (Wildman–Crippen MR) is 75.6 cm³/mol. The van der Waals surface area contributed by atoms with Crippen molar-refractivity contribution in [2.45, 2.75) is 38.4 Å². The van der Waals surface area contributed by atoms with Gasteiger partial charge in [0.05, 0.1) is 5.69 Å². The molecule has 0 aliphatic heterocycles. The van der Waals surface area contributed by atoms with E-state index in [0.717, 1.165) is 5.56 Å². The van der Waals surface area contributed by atoms with Crippen LogP contribution >= 0.6 is 0 Å². The first-order valence-electron chi connectivity index (χ1n) is 6.40. The Morgan fingerprint density at radius 2 is 2.20 bits per heavy atom. The second kappa shape index (κ2) is 5.72. The third-order valence-electron chi connectivity index (χ3n) is 2.96. The summed E-state index contributed by atoms with van der Waals surface area (Å²) in [6, 6.07) is 4.83. The Kier molecular flexibility index (Phi) is 4.20. The van der Waals surface area contributed by atoms with E-state index in [9.17, 15) is 8.42 Å². The topological polar surface area (TPSA) is 76.9 Å². The number of hydrogen-bond donors (Lipinski definition) is 1. The van der Waals surface area contributed by atoms with Gasteiger partial charge in [-0.2, -0.15) is 5.10 Å². The molecule has 0 aromatic carbocycles. The van der Waals surface area contributed by atoms with Crippen LogP contribution in [0.15, 0.2) is 35.6 Å². The Morgan fingerprint density at radius 1 is 1.45 bits per heavy atom. The second-order valence-electron chi connectivity index (χ2n) is 4.57. The van der Waals surface area contributed by atoms with Crippen molar-refractivity contribution in [3.8, 4) is 0 Å². The fourth-order valence-corrected chi connectivity index (χ4v) is 3.45. The summed E-state index contributed by atoms with van der Waals surface area (Å²) < 4.78 is 29.0. The quantitative estimate of drug-likeness (QED) is 0.909. The molecule has 0 saturated heterocycles. The van der Waals surface area contributed by atoms with Gasteiger partial charge in [-0.05, 0) is 38.5 Å². The SMILES string of the molecule is CCn1nc(C)cc1S(=O)(=O)N[C@@H](C)c1cccnc1. The molecule has 0 aliphatic carbocycles. The van der Waals surface area contributed by atoms with Gasteiger partial charge in [0.25, 0.3) is 10.0 Å². The van der Waals surface area contributed by atoms with Gasteiger partial charge >= 0.3 is 0 Å². The first-order valence-corrected chi connectivity index (χ1v) is 7.89. The highest BCUT2D eigenvalue weighted by Gasteiger charge is 2.23. The van der Waals surface area contributed by atoms with Gasteiger partial charge in [0, 0.05) is 25.0 Å². The van der Waals surface area contributed by atoms with E-state index in [2.05, 4.69) is 14.8 Å². The van der Waals surface area contributed by atoms with Crippen LogP contribution in [0.25, 0.3) is 0 Å². The van der Waals surface area contributed by atoms with E-state index in [1.165, 1.54) is 4.68 Å². The average molecular weight is 294 g/mol. The number of aryl methyl sites for hydroxylation is 2. The van der Waals surface area contributed by atoms with Gasteiger partial charge in [0.15, 0.2) is 5.03 Å². The summed E-state index contributed by atoms with van der Waals surface area (Å²) in [6.45, 7) is 5.92. The van der Waals surface area contributed by atoms with Gasteiger partial charge in [0.2, 0.25) is 0 Å². The Morgan fingerprint density at radius 3 is 2.80 bits per heavy atom. The number of aromatic nitrogens is 3. The maximum Gasteiger partial charge on any atom is 0.258 e. The van der Waals surface area contributed by atoms with Crippen molar-refractivity contribution in [3.63, 3.8) is 0 Å². The van der Waals surface area contributed by atoms with Crippen LogP contribution in [0.5, 0.6) is 0 Å². The number of nitrogens with one attached hydrogen (secondary N) is 1. The molecule has 108 valence electrons. The van der Waals surface area contributed by atoms with Crippen molar-refractivity contribution in [1.82, 2.24) is 19.5 Å². The summed E-state index contributed by atoms with van der Waals surface area (Å²) in [6.07, 6.45) is 3.30. The molecule has 0 bridgehead atoms. The van der Waals surface area contributed by atoms with Crippen LogP contribution in [0.2, 0.25) is 0 Å². The minimum atomic E-state index is -3.61. The van der Waals surface area contributed by atoms with Crippen molar-refractivity contribution in [1.29, 1.82) is 0 Å². The van der Waals surface area contributed by atoms with Crippen LogP contribution in [0.4, 0.5) is 0 Å². The van der Waals surface area contributed by atoms with Gasteiger partial charge in [-0.3, -0.25) is 9.67 Å². The summed E-state index contributed by atoms with van der Waals surface area (Å²) in [5.74, 6) is 0. The molecule has 2 aromatic rings. The molecule has 6 nitrogen and oxygen atoms in total. The number of pyridine rings is 1. The molecular formula is C13H18N4O2S. The van der Waals surface area contributed by atoms with E-state index in [0.29, 0.717) is 12.2 Å². The highest BCUT2D eigenvalue weighted by Crippen LogP contribution is 2.17. The Hall–Kier alpha value is -1.73. The standard InChI is InChI=1S/C13H18N4O2S/c1-4-17-13(8-10(2)15-17)20(18,19)16-11(3)12-6-5-7-14-9-12/h5-9,11,16H,4H2,1-3H3/t11-/m0/s1. The van der Waals surface area contributed by atoms with Gasteiger partial charge in [-0.15, -0.1) is 0 Å². The molecule has 7 heteroatoms. The molecule has 0 radical (unpaired) electrons. The summed E-state index contributed by atoms with van der Waals surface area (Å²) in [7, 11) is -3.61. The van der Waals surface area contributed by atoms with E-state index < -0.39 is 10.0 Å². The Balaban J connectivity index is 2.27. The van der Waals surface area contributed by atoms with E-state index in [1.807, 2.05) is 13.0 Å². The third-order valence-corrected chi connectivity index (χ3v) is 4.50. The average Bonchev–Trinajstić information content (AvgIpc) is 2.81. The lowest BCUT2D eigenvalue weighted by atomic mass is 10.2. The molecule has 0 amide bonds. The summed E-state index contributed by atoms with van der Waals surface area (Å²) in [4.78, 5) is 3.99. The van der Waals surface area contributed by atoms with E-state index in [4.69, 9.17) is 0 Å². The van der Waals surface area contributed by atoms with E-state index in [1.54, 1.807) is 38.4 Å². The number of sulfonamides is 1. The first kappa shape index (κ1) is 14.7. The summed E-state index contributed by atoms with van der Waals surface area (Å²) >= 11 is 0. The zero-order chi connectivity index (χ0) is 14.8. The Bertz CT molecular complexity index is 680. The molecular weight excluding hydrogens is 276 g/mol. The molecule has 1 atom stereocenters. The van der Waals surface area contributed by atoms with E-state index in [-0.39, 0.29) is 11.1 Å². The van der Waals surface area contributed by atoms with Crippen molar-refractivity contribution in [3.05, 3.63) is 41.9 Å². The van der Waals surface area contributed by atoms with Crippen LogP contribution in [0.3, 0.4) is 0 Å².